The Hall–Kier alpha value is -2.33. The first-order chi connectivity index (χ1) is 14.8. The fraction of sp³-hybridized carbons (Fsp3) is 0.500. The minimum absolute atomic E-state index is 0.322. The zero-order valence-corrected chi connectivity index (χ0v) is 18.3. The third-order valence-corrected chi connectivity index (χ3v) is 5.18. The van der Waals surface area contributed by atoms with Crippen LogP contribution in [0.2, 0.25) is 0 Å². The summed E-state index contributed by atoms with van der Waals surface area (Å²) in [6.07, 6.45) is 11.0. The summed E-state index contributed by atoms with van der Waals surface area (Å²) >= 11 is 0. The van der Waals surface area contributed by atoms with Crippen molar-refractivity contribution in [2.45, 2.75) is 70.9 Å². The monoisotopic (exact) mass is 410 g/mol. The van der Waals surface area contributed by atoms with Gasteiger partial charge in [0.2, 0.25) is 0 Å². The molecule has 0 aliphatic heterocycles. The van der Waals surface area contributed by atoms with Crippen LogP contribution in [0.5, 0.6) is 0 Å². The van der Waals surface area contributed by atoms with Crippen LogP contribution in [0.1, 0.15) is 68.9 Å². The van der Waals surface area contributed by atoms with Crippen LogP contribution >= 0.6 is 0 Å². The Kier molecular flexibility index (Phi) is 13.1. The molecular formula is C26H38N2O2. The number of hydrogen-bond acceptors (Lipinski definition) is 3. The van der Waals surface area contributed by atoms with E-state index in [0.29, 0.717) is 13.2 Å². The predicted molar refractivity (Wildman–Crippen MR) is 124 cm³/mol. The molecule has 0 spiro atoms. The van der Waals surface area contributed by atoms with Crippen molar-refractivity contribution in [1.29, 1.82) is 0 Å². The Morgan fingerprint density at radius 1 is 0.633 bits per heavy atom. The lowest BCUT2D eigenvalue weighted by Gasteiger charge is -2.07. The van der Waals surface area contributed by atoms with Gasteiger partial charge >= 0.3 is 6.09 Å². The van der Waals surface area contributed by atoms with E-state index in [1.54, 1.807) is 0 Å². The van der Waals surface area contributed by atoms with Crippen LogP contribution in [-0.2, 0) is 17.9 Å². The summed E-state index contributed by atoms with van der Waals surface area (Å²) in [5.41, 5.74) is 2.37. The smallest absolute Gasteiger partial charge is 0.407 e. The van der Waals surface area contributed by atoms with E-state index >= 15 is 0 Å². The molecule has 0 heterocycles. The molecule has 0 aliphatic rings. The number of carbonyl (C=O) groups excluding carboxylic acids is 1. The standard InChI is InChI=1S/C26H38N2O2/c29-26(30-23-25-18-12-9-13-19-25)28-21-15-7-5-3-1-2-4-6-14-20-27-22-24-16-10-8-11-17-24/h8-13,16-19,27H,1-7,14-15,20-23H2,(H,28,29). The van der Waals surface area contributed by atoms with Crippen LogP contribution in [0, 0.1) is 0 Å². The predicted octanol–water partition coefficient (Wildman–Crippen LogP) is 6.21. The minimum atomic E-state index is -0.322. The molecule has 4 nitrogen and oxygen atoms in total. The van der Waals surface area contributed by atoms with E-state index in [4.69, 9.17) is 4.74 Å². The molecule has 0 saturated heterocycles. The highest BCUT2D eigenvalue weighted by molar-refractivity contribution is 5.67. The Morgan fingerprint density at radius 2 is 1.13 bits per heavy atom. The van der Waals surface area contributed by atoms with Crippen molar-refractivity contribution < 1.29 is 9.53 Å². The Morgan fingerprint density at radius 3 is 1.73 bits per heavy atom. The number of rotatable bonds is 16. The topological polar surface area (TPSA) is 50.4 Å². The van der Waals surface area contributed by atoms with E-state index in [1.165, 1.54) is 56.9 Å². The average Bonchev–Trinajstić information content (AvgIpc) is 2.79. The zero-order valence-electron chi connectivity index (χ0n) is 18.3. The van der Waals surface area contributed by atoms with Crippen molar-refractivity contribution in [3.05, 3.63) is 71.8 Å². The van der Waals surface area contributed by atoms with Crippen LogP contribution in [0.15, 0.2) is 60.7 Å². The third-order valence-electron chi connectivity index (χ3n) is 5.18. The SMILES string of the molecule is O=C(NCCCCCCCCCCCNCc1ccccc1)OCc1ccccc1. The van der Waals surface area contributed by atoms with Crippen LogP contribution < -0.4 is 10.6 Å². The average molecular weight is 411 g/mol. The Balaban J connectivity index is 1.28. The van der Waals surface area contributed by atoms with Crippen molar-refractivity contribution in [2.75, 3.05) is 13.1 Å². The lowest BCUT2D eigenvalue weighted by Crippen LogP contribution is -2.25. The molecule has 30 heavy (non-hydrogen) atoms. The number of nitrogens with one attached hydrogen (secondary N) is 2. The van der Waals surface area contributed by atoms with Crippen molar-refractivity contribution in [3.8, 4) is 0 Å². The second kappa shape index (κ2) is 16.5. The van der Waals surface area contributed by atoms with Gasteiger partial charge in [-0.2, -0.15) is 0 Å². The number of carbonyl (C=O) groups is 1. The van der Waals surface area contributed by atoms with Crippen LogP contribution in [0.4, 0.5) is 4.79 Å². The van der Waals surface area contributed by atoms with Gasteiger partial charge < -0.3 is 15.4 Å². The fourth-order valence-electron chi connectivity index (χ4n) is 3.41. The normalized spacial score (nSPS) is 10.7. The molecule has 0 atom stereocenters. The molecule has 2 rings (SSSR count). The molecular weight excluding hydrogens is 372 g/mol. The molecule has 2 aromatic carbocycles. The van der Waals surface area contributed by atoms with Gasteiger partial charge in [0, 0.05) is 13.1 Å². The van der Waals surface area contributed by atoms with Crippen molar-refractivity contribution >= 4 is 6.09 Å². The van der Waals surface area contributed by atoms with E-state index in [0.717, 1.165) is 25.1 Å². The van der Waals surface area contributed by atoms with Crippen molar-refractivity contribution in [2.24, 2.45) is 0 Å². The maximum Gasteiger partial charge on any atom is 0.407 e. The molecule has 2 N–H and O–H groups in total. The van der Waals surface area contributed by atoms with Crippen molar-refractivity contribution in [3.63, 3.8) is 0 Å². The molecule has 4 heteroatoms. The van der Waals surface area contributed by atoms with E-state index in [2.05, 4.69) is 41.0 Å². The molecule has 0 bridgehead atoms. The largest absolute Gasteiger partial charge is 0.445 e. The number of unbranched alkanes of at least 4 members (excludes halogenated alkanes) is 8. The lowest BCUT2D eigenvalue weighted by molar-refractivity contribution is 0.139. The molecule has 1 amide bonds. The summed E-state index contributed by atoms with van der Waals surface area (Å²) in [5, 5.41) is 6.35. The highest BCUT2D eigenvalue weighted by atomic mass is 16.5. The highest BCUT2D eigenvalue weighted by Gasteiger charge is 2.01. The highest BCUT2D eigenvalue weighted by Crippen LogP contribution is 2.09. The molecule has 0 saturated carbocycles. The molecule has 0 aromatic heterocycles. The quantitative estimate of drug-likeness (QED) is 0.323. The number of benzene rings is 2. The van der Waals surface area contributed by atoms with E-state index < -0.39 is 0 Å². The lowest BCUT2D eigenvalue weighted by atomic mass is 10.1. The van der Waals surface area contributed by atoms with Crippen LogP contribution in [-0.4, -0.2) is 19.2 Å². The van der Waals surface area contributed by atoms with E-state index in [9.17, 15) is 4.79 Å². The summed E-state index contributed by atoms with van der Waals surface area (Å²) in [5.74, 6) is 0. The fourth-order valence-corrected chi connectivity index (χ4v) is 3.41. The summed E-state index contributed by atoms with van der Waals surface area (Å²) in [6, 6.07) is 20.3. The van der Waals surface area contributed by atoms with E-state index in [1.807, 2.05) is 30.3 Å². The van der Waals surface area contributed by atoms with Gasteiger partial charge in [-0.3, -0.25) is 0 Å². The van der Waals surface area contributed by atoms with Gasteiger partial charge in [-0.05, 0) is 30.5 Å². The van der Waals surface area contributed by atoms with Gasteiger partial charge in [0.15, 0.2) is 0 Å². The van der Waals surface area contributed by atoms with Gasteiger partial charge in [-0.15, -0.1) is 0 Å². The maximum absolute atomic E-state index is 11.7. The summed E-state index contributed by atoms with van der Waals surface area (Å²) in [6.45, 7) is 3.11. The second-order valence-corrected chi connectivity index (χ2v) is 7.83. The molecule has 0 radical (unpaired) electrons. The minimum Gasteiger partial charge on any atom is -0.445 e. The number of ether oxygens (including phenoxy) is 1. The molecule has 164 valence electrons. The van der Waals surface area contributed by atoms with Gasteiger partial charge in [0.05, 0.1) is 0 Å². The third kappa shape index (κ3) is 12.3. The zero-order chi connectivity index (χ0) is 21.1. The molecule has 0 aliphatic carbocycles. The Bertz CT molecular complexity index is 661. The number of hydrogen-bond donors (Lipinski definition) is 2. The van der Waals surface area contributed by atoms with Crippen LogP contribution in [0.3, 0.4) is 0 Å². The second-order valence-electron chi connectivity index (χ2n) is 7.83. The van der Waals surface area contributed by atoms with Gasteiger partial charge in [0.25, 0.3) is 0 Å². The first-order valence-electron chi connectivity index (χ1n) is 11.5. The van der Waals surface area contributed by atoms with Gasteiger partial charge in [-0.25, -0.2) is 4.79 Å². The summed E-state index contributed by atoms with van der Waals surface area (Å²) < 4.78 is 5.20. The van der Waals surface area contributed by atoms with Crippen molar-refractivity contribution in [1.82, 2.24) is 10.6 Å². The Labute approximate surface area is 182 Å². The first kappa shape index (κ1) is 23.9. The summed E-state index contributed by atoms with van der Waals surface area (Å²) in [7, 11) is 0. The molecule has 2 aromatic rings. The number of alkyl carbamates (subject to hydrolysis) is 1. The van der Waals surface area contributed by atoms with Crippen LogP contribution in [0.25, 0.3) is 0 Å². The van der Waals surface area contributed by atoms with E-state index in [-0.39, 0.29) is 6.09 Å². The maximum atomic E-state index is 11.7. The molecule has 0 unspecified atom stereocenters. The number of amides is 1. The first-order valence-corrected chi connectivity index (χ1v) is 11.5. The van der Waals surface area contributed by atoms with Gasteiger partial charge in [0.1, 0.15) is 6.61 Å². The summed E-state index contributed by atoms with van der Waals surface area (Å²) in [4.78, 5) is 11.7. The molecule has 0 fully saturated rings. The van der Waals surface area contributed by atoms with Gasteiger partial charge in [-0.1, -0.05) is 106 Å².